The zero-order valence-corrected chi connectivity index (χ0v) is 22.7. The molecule has 36 heavy (non-hydrogen) atoms. The molecule has 0 aliphatic carbocycles. The largest absolute Gasteiger partial charge is 0.485 e. The molecule has 192 valence electrons. The summed E-state index contributed by atoms with van der Waals surface area (Å²) in [4.78, 5) is 26.8. The second-order valence-corrected chi connectivity index (χ2v) is 10.8. The number of thiophene rings is 1. The first kappa shape index (κ1) is 27.3. The van der Waals surface area contributed by atoms with Crippen LogP contribution in [0.5, 0.6) is 5.75 Å². The Morgan fingerprint density at radius 1 is 1.03 bits per heavy atom. The van der Waals surface area contributed by atoms with E-state index in [1.54, 1.807) is 6.07 Å². The molecule has 0 bridgehead atoms. The summed E-state index contributed by atoms with van der Waals surface area (Å²) in [6.07, 6.45) is 0.531. The summed E-state index contributed by atoms with van der Waals surface area (Å²) in [6, 6.07) is 16.5. The number of anilines is 1. The predicted octanol–water partition coefficient (Wildman–Crippen LogP) is 6.47. The third-order valence-electron chi connectivity index (χ3n) is 5.93. The van der Waals surface area contributed by atoms with Crippen LogP contribution in [-0.4, -0.2) is 37.6 Å². The number of nitrogens with one attached hydrogen (secondary N) is 1. The molecule has 1 heterocycles. The van der Waals surface area contributed by atoms with Crippen LogP contribution in [0.25, 0.3) is 11.1 Å². The molecule has 0 aliphatic heterocycles. The molecule has 7 heteroatoms. The van der Waals surface area contributed by atoms with E-state index in [0.717, 1.165) is 33.9 Å². The first-order chi connectivity index (χ1) is 17.0. The number of nitrogens with zero attached hydrogens (tertiary/aromatic N) is 1. The Labute approximate surface area is 217 Å². The van der Waals surface area contributed by atoms with Crippen molar-refractivity contribution in [3.63, 3.8) is 0 Å². The van der Waals surface area contributed by atoms with Crippen molar-refractivity contribution in [1.82, 2.24) is 5.32 Å². The molecule has 0 fully saturated rings. The third-order valence-corrected chi connectivity index (χ3v) is 7.11. The number of aliphatic carboxylic acids is 1. The van der Waals surface area contributed by atoms with Crippen molar-refractivity contribution in [2.75, 3.05) is 25.5 Å². The van der Waals surface area contributed by atoms with Crippen LogP contribution in [0.3, 0.4) is 0 Å². The van der Waals surface area contributed by atoms with Crippen LogP contribution in [0.15, 0.2) is 48.5 Å². The van der Waals surface area contributed by atoms with E-state index in [1.165, 1.54) is 22.5 Å². The van der Waals surface area contributed by atoms with E-state index in [2.05, 4.69) is 74.3 Å². The Kier molecular flexibility index (Phi) is 9.15. The molecule has 2 aromatic carbocycles. The number of carbonyl (C=O) groups excluding carboxylic acids is 1. The first-order valence-corrected chi connectivity index (χ1v) is 13.0. The molecule has 0 saturated heterocycles. The van der Waals surface area contributed by atoms with E-state index in [0.29, 0.717) is 10.8 Å². The van der Waals surface area contributed by atoms with E-state index in [-0.39, 0.29) is 25.0 Å². The molecule has 1 unspecified atom stereocenters. The lowest BCUT2D eigenvalue weighted by Crippen LogP contribution is -2.25. The van der Waals surface area contributed by atoms with Crippen molar-refractivity contribution in [3.8, 4) is 16.9 Å². The second kappa shape index (κ2) is 12.1. The van der Waals surface area contributed by atoms with Crippen LogP contribution in [0.2, 0.25) is 0 Å². The van der Waals surface area contributed by atoms with Gasteiger partial charge in [-0.15, -0.1) is 11.3 Å². The van der Waals surface area contributed by atoms with Gasteiger partial charge in [-0.2, -0.15) is 0 Å². The minimum atomic E-state index is -0.935. The summed E-state index contributed by atoms with van der Waals surface area (Å²) < 4.78 is 6.51. The highest BCUT2D eigenvalue weighted by atomic mass is 32.1. The molecule has 1 amide bonds. The summed E-state index contributed by atoms with van der Waals surface area (Å²) in [5, 5.41) is 11.4. The van der Waals surface area contributed by atoms with Crippen molar-refractivity contribution in [2.45, 2.75) is 46.6 Å². The van der Waals surface area contributed by atoms with E-state index in [1.807, 2.05) is 20.2 Å². The lowest BCUT2D eigenvalue weighted by molar-refractivity contribution is -0.136. The molecule has 0 radical (unpaired) electrons. The van der Waals surface area contributed by atoms with Crippen LogP contribution >= 0.6 is 11.3 Å². The number of amides is 1. The van der Waals surface area contributed by atoms with E-state index in [9.17, 15) is 9.59 Å². The van der Waals surface area contributed by atoms with Crippen LogP contribution in [0, 0.1) is 19.8 Å². The van der Waals surface area contributed by atoms with Gasteiger partial charge in [0.1, 0.15) is 11.9 Å². The smallest absolute Gasteiger partial charge is 0.305 e. The number of hydrogen-bond donors (Lipinski definition) is 2. The number of carboxylic acid groups (broad SMARTS) is 1. The fraction of sp³-hybridized carbons (Fsp3) is 0.379. The number of carboxylic acids is 1. The average molecular weight is 509 g/mol. The minimum absolute atomic E-state index is 0.0997. The highest BCUT2D eigenvalue weighted by molar-refractivity contribution is 7.14. The van der Waals surface area contributed by atoms with Crippen LogP contribution in [0.1, 0.15) is 58.5 Å². The summed E-state index contributed by atoms with van der Waals surface area (Å²) >= 11 is 1.39. The number of rotatable bonds is 11. The molecule has 0 aliphatic rings. The molecule has 3 rings (SSSR count). The molecule has 0 spiro atoms. The van der Waals surface area contributed by atoms with Crippen molar-refractivity contribution in [3.05, 3.63) is 69.4 Å². The molecule has 6 nitrogen and oxygen atoms in total. The molecular formula is C29H36N2O4S. The van der Waals surface area contributed by atoms with Gasteiger partial charge in [0.15, 0.2) is 0 Å². The van der Waals surface area contributed by atoms with Gasteiger partial charge in [0.05, 0.1) is 11.3 Å². The summed E-state index contributed by atoms with van der Waals surface area (Å²) in [7, 11) is 4.07. The molecule has 2 N–H and O–H groups in total. The first-order valence-electron chi connectivity index (χ1n) is 12.2. The van der Waals surface area contributed by atoms with Crippen molar-refractivity contribution in [2.24, 2.45) is 5.92 Å². The highest BCUT2D eigenvalue weighted by Gasteiger charge is 2.21. The molecule has 0 saturated carbocycles. The Hall–Kier alpha value is -3.32. The van der Waals surface area contributed by atoms with E-state index < -0.39 is 5.97 Å². The summed E-state index contributed by atoms with van der Waals surface area (Å²) in [5.74, 6) is 0.0219. The van der Waals surface area contributed by atoms with Gasteiger partial charge >= 0.3 is 5.97 Å². The lowest BCUT2D eigenvalue weighted by atomic mass is 9.95. The standard InChI is InChI=1S/C29H36N2O4S/c1-18(2)15-24(25-11-12-26(36-25)29(34)30-14-13-27(32)33)35-23-16-19(3)28(20(4)17-23)21-7-9-22(10-8-21)31(5)6/h7-12,16-18,24H,13-15H2,1-6H3,(H,30,34)(H,32,33). The van der Waals surface area contributed by atoms with Gasteiger partial charge in [0.2, 0.25) is 0 Å². The summed E-state index contributed by atoms with van der Waals surface area (Å²) in [6.45, 7) is 8.63. The SMILES string of the molecule is Cc1cc(OC(CC(C)C)c2ccc(C(=O)NCCC(=O)O)s2)cc(C)c1-c1ccc(N(C)C)cc1. The number of carbonyl (C=O) groups is 2. The van der Waals surface area contributed by atoms with Gasteiger partial charge < -0.3 is 20.1 Å². The van der Waals surface area contributed by atoms with E-state index in [4.69, 9.17) is 9.84 Å². The number of ether oxygens (including phenoxy) is 1. The van der Waals surface area contributed by atoms with Crippen molar-refractivity contribution in [1.29, 1.82) is 0 Å². The topological polar surface area (TPSA) is 78.9 Å². The Morgan fingerprint density at radius 3 is 2.22 bits per heavy atom. The predicted molar refractivity (Wildman–Crippen MR) is 147 cm³/mol. The van der Waals surface area contributed by atoms with Gasteiger partial charge in [0.25, 0.3) is 5.91 Å². The molecule has 1 atom stereocenters. The Balaban J connectivity index is 1.81. The third kappa shape index (κ3) is 7.10. The molecular weight excluding hydrogens is 472 g/mol. The monoisotopic (exact) mass is 508 g/mol. The number of hydrogen-bond acceptors (Lipinski definition) is 5. The molecule has 3 aromatic rings. The van der Waals surface area contributed by atoms with Gasteiger partial charge in [-0.25, -0.2) is 0 Å². The Morgan fingerprint density at radius 2 is 1.67 bits per heavy atom. The van der Waals surface area contributed by atoms with Crippen molar-refractivity contribution < 1.29 is 19.4 Å². The number of aryl methyl sites for hydroxylation is 2. The second-order valence-electron chi connectivity index (χ2n) is 9.71. The maximum absolute atomic E-state index is 12.4. The van der Waals surface area contributed by atoms with Crippen LogP contribution in [-0.2, 0) is 4.79 Å². The van der Waals surface area contributed by atoms with Crippen molar-refractivity contribution >= 4 is 28.9 Å². The summed E-state index contributed by atoms with van der Waals surface area (Å²) in [5.41, 5.74) is 5.85. The lowest BCUT2D eigenvalue weighted by Gasteiger charge is -2.22. The van der Waals surface area contributed by atoms with Crippen LogP contribution in [0.4, 0.5) is 5.69 Å². The highest BCUT2D eigenvalue weighted by Crippen LogP contribution is 2.36. The minimum Gasteiger partial charge on any atom is -0.485 e. The zero-order valence-electron chi connectivity index (χ0n) is 21.9. The molecule has 1 aromatic heterocycles. The average Bonchev–Trinajstić information content (AvgIpc) is 3.28. The number of benzene rings is 2. The Bertz CT molecular complexity index is 1180. The van der Waals surface area contributed by atoms with Gasteiger partial charge in [-0.1, -0.05) is 26.0 Å². The quantitative estimate of drug-likeness (QED) is 0.310. The van der Waals surface area contributed by atoms with E-state index >= 15 is 0 Å². The normalized spacial score (nSPS) is 11.9. The zero-order chi connectivity index (χ0) is 26.4. The van der Waals surface area contributed by atoms with Gasteiger partial charge in [-0.3, -0.25) is 9.59 Å². The fourth-order valence-corrected chi connectivity index (χ4v) is 5.17. The maximum Gasteiger partial charge on any atom is 0.305 e. The van der Waals surface area contributed by atoms with Crippen LogP contribution < -0.4 is 15.0 Å². The van der Waals surface area contributed by atoms with Gasteiger partial charge in [-0.05, 0) is 84.8 Å². The maximum atomic E-state index is 12.4. The van der Waals surface area contributed by atoms with Gasteiger partial charge in [0, 0.05) is 31.2 Å². The fourth-order valence-electron chi connectivity index (χ4n) is 4.21.